The van der Waals surface area contributed by atoms with Crippen LogP contribution in [-0.2, 0) is 11.3 Å². The number of carbonyl (C=O) groups excluding carboxylic acids is 1. The van der Waals surface area contributed by atoms with Crippen molar-refractivity contribution in [3.05, 3.63) is 34.6 Å². The van der Waals surface area contributed by atoms with Gasteiger partial charge in [-0.3, -0.25) is 4.79 Å². The van der Waals surface area contributed by atoms with Crippen molar-refractivity contribution >= 4 is 29.3 Å². The number of halogens is 2. The normalized spacial score (nSPS) is 22.1. The number of hydrogen-bond donors (Lipinski definition) is 1. The minimum Gasteiger partial charge on any atom is -0.334 e. The number of rotatable bonds is 4. The van der Waals surface area contributed by atoms with Gasteiger partial charge in [0.05, 0.1) is 12.6 Å². The van der Waals surface area contributed by atoms with Gasteiger partial charge in [-0.05, 0) is 25.0 Å². The summed E-state index contributed by atoms with van der Waals surface area (Å²) in [6.45, 7) is 1.11. The summed E-state index contributed by atoms with van der Waals surface area (Å²) in [5, 5.41) is 3.65. The Morgan fingerprint density at radius 3 is 2.90 bits per heavy atom. The Bertz CT molecular complexity index is 512. The molecule has 6 heteroatoms. The quantitative estimate of drug-likeness (QED) is 0.922. The van der Waals surface area contributed by atoms with Gasteiger partial charge in [0, 0.05) is 34.7 Å². The highest BCUT2D eigenvalue weighted by atomic mass is 35.5. The van der Waals surface area contributed by atoms with Gasteiger partial charge in [-0.25, -0.2) is 4.39 Å². The largest absolute Gasteiger partial charge is 0.334 e. The van der Waals surface area contributed by atoms with Gasteiger partial charge in [-0.1, -0.05) is 17.7 Å². The first-order valence-corrected chi connectivity index (χ1v) is 8.74. The molecule has 3 nitrogen and oxygen atoms in total. The Morgan fingerprint density at radius 2 is 2.29 bits per heavy atom. The van der Waals surface area contributed by atoms with E-state index >= 15 is 0 Å². The Kier molecular flexibility index (Phi) is 4.72. The monoisotopic (exact) mass is 328 g/mol. The third-order valence-electron chi connectivity index (χ3n) is 3.88. The predicted molar refractivity (Wildman–Crippen MR) is 84.1 cm³/mol. The van der Waals surface area contributed by atoms with Gasteiger partial charge in [-0.15, -0.1) is 0 Å². The van der Waals surface area contributed by atoms with Crippen molar-refractivity contribution < 1.29 is 9.18 Å². The van der Waals surface area contributed by atoms with Crippen molar-refractivity contribution in [1.82, 2.24) is 10.2 Å². The van der Waals surface area contributed by atoms with E-state index in [0.29, 0.717) is 10.6 Å². The molecule has 1 aromatic carbocycles. The first kappa shape index (κ1) is 15.1. The second-order valence-electron chi connectivity index (χ2n) is 5.48. The Hall–Kier alpha value is -0.780. The summed E-state index contributed by atoms with van der Waals surface area (Å²) >= 11 is 7.87. The van der Waals surface area contributed by atoms with Gasteiger partial charge in [0.25, 0.3) is 0 Å². The van der Waals surface area contributed by atoms with Gasteiger partial charge in [0.1, 0.15) is 5.82 Å². The van der Waals surface area contributed by atoms with Crippen LogP contribution in [0.3, 0.4) is 0 Å². The second kappa shape index (κ2) is 6.55. The SMILES string of the molecule is O=C(C1CSCCN1)N(Cc1c(F)cccc1Cl)C1CC1. The first-order valence-electron chi connectivity index (χ1n) is 7.21. The number of hydrogen-bond acceptors (Lipinski definition) is 3. The fourth-order valence-electron chi connectivity index (χ4n) is 2.55. The van der Waals surface area contributed by atoms with Crippen molar-refractivity contribution in [2.24, 2.45) is 0 Å². The fraction of sp³-hybridized carbons (Fsp3) is 0.533. The number of nitrogens with zero attached hydrogens (tertiary/aromatic N) is 1. The molecule has 1 N–H and O–H groups in total. The van der Waals surface area contributed by atoms with E-state index in [1.165, 1.54) is 6.07 Å². The Morgan fingerprint density at radius 1 is 1.48 bits per heavy atom. The van der Waals surface area contributed by atoms with E-state index in [-0.39, 0.29) is 30.4 Å². The summed E-state index contributed by atoms with van der Waals surface area (Å²) in [5.74, 6) is 1.55. The van der Waals surface area contributed by atoms with E-state index in [1.807, 2.05) is 0 Å². The average molecular weight is 329 g/mol. The van der Waals surface area contributed by atoms with Crippen molar-refractivity contribution in [3.63, 3.8) is 0 Å². The summed E-state index contributed by atoms with van der Waals surface area (Å²) in [6, 6.07) is 4.73. The van der Waals surface area contributed by atoms with Crippen LogP contribution in [-0.4, -0.2) is 40.9 Å². The number of amides is 1. The number of benzene rings is 1. The van der Waals surface area contributed by atoms with Crippen LogP contribution < -0.4 is 5.32 Å². The van der Waals surface area contributed by atoms with Gasteiger partial charge in [0.15, 0.2) is 0 Å². The molecule has 1 aromatic rings. The second-order valence-corrected chi connectivity index (χ2v) is 7.04. The number of nitrogens with one attached hydrogen (secondary N) is 1. The summed E-state index contributed by atoms with van der Waals surface area (Å²) in [5.41, 5.74) is 0.419. The van der Waals surface area contributed by atoms with Gasteiger partial charge < -0.3 is 10.2 Å². The van der Waals surface area contributed by atoms with E-state index < -0.39 is 0 Å². The Balaban J connectivity index is 1.77. The van der Waals surface area contributed by atoms with Crippen molar-refractivity contribution in [1.29, 1.82) is 0 Å². The molecule has 1 heterocycles. The highest BCUT2D eigenvalue weighted by Gasteiger charge is 2.36. The summed E-state index contributed by atoms with van der Waals surface area (Å²) in [6.07, 6.45) is 2.00. The summed E-state index contributed by atoms with van der Waals surface area (Å²) in [4.78, 5) is 14.5. The zero-order valence-electron chi connectivity index (χ0n) is 11.6. The number of thioether (sulfide) groups is 1. The molecule has 0 aromatic heterocycles. The molecule has 2 aliphatic rings. The smallest absolute Gasteiger partial charge is 0.241 e. The summed E-state index contributed by atoms with van der Waals surface area (Å²) in [7, 11) is 0. The predicted octanol–water partition coefficient (Wildman–Crippen LogP) is 2.68. The van der Waals surface area contributed by atoms with Crippen LogP contribution in [0.5, 0.6) is 0 Å². The third-order valence-corrected chi connectivity index (χ3v) is 5.30. The zero-order valence-corrected chi connectivity index (χ0v) is 13.2. The van der Waals surface area contributed by atoms with Crippen LogP contribution in [0, 0.1) is 5.82 Å². The lowest BCUT2D eigenvalue weighted by Crippen LogP contribution is -2.51. The molecular weight excluding hydrogens is 311 g/mol. The minimum absolute atomic E-state index is 0.0732. The molecule has 1 saturated carbocycles. The molecule has 1 amide bonds. The topological polar surface area (TPSA) is 32.3 Å². The lowest BCUT2D eigenvalue weighted by atomic mass is 10.1. The molecular formula is C15H18ClFN2OS. The van der Waals surface area contributed by atoms with Crippen LogP contribution in [0.2, 0.25) is 5.02 Å². The van der Waals surface area contributed by atoms with Gasteiger partial charge in [-0.2, -0.15) is 11.8 Å². The van der Waals surface area contributed by atoms with Crippen molar-refractivity contribution in [2.75, 3.05) is 18.1 Å². The van der Waals surface area contributed by atoms with Crippen LogP contribution in [0.4, 0.5) is 4.39 Å². The Labute approximate surface area is 133 Å². The maximum absolute atomic E-state index is 14.0. The minimum atomic E-state index is -0.341. The van der Waals surface area contributed by atoms with Gasteiger partial charge >= 0.3 is 0 Å². The van der Waals surface area contributed by atoms with Crippen LogP contribution in [0.15, 0.2) is 18.2 Å². The molecule has 21 heavy (non-hydrogen) atoms. The van der Waals surface area contributed by atoms with Crippen molar-refractivity contribution in [2.45, 2.75) is 31.5 Å². The van der Waals surface area contributed by atoms with E-state index in [9.17, 15) is 9.18 Å². The highest BCUT2D eigenvalue weighted by molar-refractivity contribution is 7.99. The average Bonchev–Trinajstić information content (AvgIpc) is 3.32. The van der Waals surface area contributed by atoms with Crippen LogP contribution in [0.25, 0.3) is 0 Å². The first-order chi connectivity index (χ1) is 10.2. The molecule has 3 rings (SSSR count). The zero-order chi connectivity index (χ0) is 14.8. The molecule has 1 aliphatic carbocycles. The molecule has 114 valence electrons. The molecule has 1 atom stereocenters. The van der Waals surface area contributed by atoms with Crippen LogP contribution >= 0.6 is 23.4 Å². The van der Waals surface area contributed by atoms with Crippen LogP contribution in [0.1, 0.15) is 18.4 Å². The van der Waals surface area contributed by atoms with E-state index in [4.69, 9.17) is 11.6 Å². The third kappa shape index (κ3) is 3.52. The maximum atomic E-state index is 14.0. The maximum Gasteiger partial charge on any atom is 0.241 e. The van der Waals surface area contributed by atoms with E-state index in [1.54, 1.807) is 28.8 Å². The highest BCUT2D eigenvalue weighted by Crippen LogP contribution is 2.31. The fourth-order valence-corrected chi connectivity index (χ4v) is 3.70. The van der Waals surface area contributed by atoms with E-state index in [2.05, 4.69) is 5.32 Å². The molecule has 0 bridgehead atoms. The summed E-state index contributed by atoms with van der Waals surface area (Å²) < 4.78 is 14.0. The molecule has 1 saturated heterocycles. The van der Waals surface area contributed by atoms with Crippen molar-refractivity contribution in [3.8, 4) is 0 Å². The van der Waals surface area contributed by atoms with E-state index in [0.717, 1.165) is 30.9 Å². The standard InChI is InChI=1S/C15H18ClFN2OS/c16-12-2-1-3-13(17)11(12)8-19(10-4-5-10)15(20)14-9-21-7-6-18-14/h1-3,10,14,18H,4-9H2. The number of carbonyl (C=O) groups is 1. The molecule has 1 aliphatic heterocycles. The lowest BCUT2D eigenvalue weighted by Gasteiger charge is -2.30. The van der Waals surface area contributed by atoms with Gasteiger partial charge in [0.2, 0.25) is 5.91 Å². The molecule has 0 radical (unpaired) electrons. The lowest BCUT2D eigenvalue weighted by molar-refractivity contribution is -0.134. The molecule has 2 fully saturated rings. The molecule has 0 spiro atoms. The molecule has 1 unspecified atom stereocenters.